The van der Waals surface area contributed by atoms with Crippen LogP contribution in [0.5, 0.6) is 11.5 Å². The Hall–Kier alpha value is -6.20. The Morgan fingerprint density at radius 3 is 1.49 bits per heavy atom. The second-order valence-corrected chi connectivity index (χ2v) is 22.4. The summed E-state index contributed by atoms with van der Waals surface area (Å²) in [5.41, 5.74) is 9.09. The number of ether oxygens (including phenoxy) is 5. The maximum atomic E-state index is 12.2. The van der Waals surface area contributed by atoms with Crippen molar-refractivity contribution in [3.63, 3.8) is 0 Å². The van der Waals surface area contributed by atoms with Crippen LogP contribution in [0.4, 0.5) is 0 Å². The number of likely N-dealkylation sites (tertiary alicyclic amines) is 2. The van der Waals surface area contributed by atoms with Crippen LogP contribution < -0.4 is 9.47 Å². The normalized spacial score (nSPS) is 19.2. The Kier molecular flexibility index (Phi) is 17.1. The van der Waals surface area contributed by atoms with Gasteiger partial charge in [-0.1, -0.05) is 94.9 Å². The number of hydrogen-bond donors (Lipinski definition) is 1. The largest absolute Gasteiger partial charge is 0.487 e. The van der Waals surface area contributed by atoms with Crippen molar-refractivity contribution in [3.05, 3.63) is 186 Å². The Morgan fingerprint density at radius 2 is 1.06 bits per heavy atom. The topological polar surface area (TPSA) is 143 Å². The van der Waals surface area contributed by atoms with Gasteiger partial charge in [-0.05, 0) is 146 Å². The summed E-state index contributed by atoms with van der Waals surface area (Å²) in [6.45, 7) is 9.13. The van der Waals surface area contributed by atoms with E-state index in [2.05, 4.69) is 67.5 Å². The van der Waals surface area contributed by atoms with Gasteiger partial charge in [0.1, 0.15) is 36.4 Å². The smallest absolute Gasteiger partial charge is 0.337 e. The van der Waals surface area contributed by atoms with Crippen LogP contribution in [0.15, 0.2) is 121 Å². The molecule has 18 heteroatoms. The number of nitrogens with zero attached hydrogens (tertiary/aromatic N) is 6. The van der Waals surface area contributed by atoms with Crippen molar-refractivity contribution in [2.75, 3.05) is 46.5 Å². The number of rotatable bonds is 18. The SMILES string of the molecule is COC(=O)c1ccc2nc(CN3CCC(c4cccc(COc5ccc(Cl)cc5Cl)c4)C3)n(C[C@@H]3CCO3)c2c1.O=C(O)c1ccc2nc(CN3CCC(c4cccc(COc5ccc(Cl)cc5Cl)c4)C3)n(C[C@@H]3CCO3)c2c1. The van der Waals surface area contributed by atoms with Gasteiger partial charge in [0.25, 0.3) is 0 Å². The number of carbonyl (C=O) groups is 2. The molecule has 0 spiro atoms. The Bertz CT molecular complexity index is 3510. The number of carboxylic acid groups (broad SMARTS) is 1. The second-order valence-electron chi connectivity index (χ2n) is 20.7. The van der Waals surface area contributed by atoms with Crippen LogP contribution in [-0.4, -0.2) is 105 Å². The van der Waals surface area contributed by atoms with Crippen molar-refractivity contribution in [3.8, 4) is 11.5 Å². The summed E-state index contributed by atoms with van der Waals surface area (Å²) in [4.78, 5) is 38.5. The summed E-state index contributed by atoms with van der Waals surface area (Å²) in [6.07, 6.45) is 4.50. The van der Waals surface area contributed by atoms with Gasteiger partial charge in [0, 0.05) is 36.3 Å². The Morgan fingerprint density at radius 1 is 0.595 bits per heavy atom. The number of carboxylic acids is 1. The van der Waals surface area contributed by atoms with Crippen molar-refractivity contribution >= 4 is 80.4 Å². The number of methoxy groups -OCH3 is 1. The first kappa shape index (κ1) is 54.7. The molecule has 12 rings (SSSR count). The molecule has 1 N–H and O–H groups in total. The number of fused-ring (bicyclic) bond motifs is 2. The molecule has 410 valence electrons. The lowest BCUT2D eigenvalue weighted by Crippen LogP contribution is -2.32. The summed E-state index contributed by atoms with van der Waals surface area (Å²) < 4.78 is 32.7. The highest BCUT2D eigenvalue weighted by Gasteiger charge is 2.30. The van der Waals surface area contributed by atoms with Crippen molar-refractivity contribution < 1.29 is 38.4 Å². The first-order chi connectivity index (χ1) is 38.4. The molecular formula is C61H60Cl4N6O8. The van der Waals surface area contributed by atoms with Crippen molar-refractivity contribution in [2.45, 2.75) is 89.1 Å². The van der Waals surface area contributed by atoms with E-state index in [4.69, 9.17) is 80.1 Å². The van der Waals surface area contributed by atoms with E-state index in [1.54, 1.807) is 60.7 Å². The van der Waals surface area contributed by atoms with E-state index in [-0.39, 0.29) is 23.7 Å². The number of benzene rings is 6. The minimum absolute atomic E-state index is 0.147. The molecule has 2 aromatic heterocycles. The van der Waals surface area contributed by atoms with Crippen LogP contribution in [0.25, 0.3) is 22.1 Å². The molecule has 6 aromatic carbocycles. The summed E-state index contributed by atoms with van der Waals surface area (Å²) in [7, 11) is 1.40. The predicted molar refractivity (Wildman–Crippen MR) is 306 cm³/mol. The Labute approximate surface area is 478 Å². The molecular weight excluding hydrogens is 1090 g/mol. The van der Waals surface area contributed by atoms with Crippen molar-refractivity contribution in [2.24, 2.45) is 0 Å². The van der Waals surface area contributed by atoms with Crippen molar-refractivity contribution in [1.82, 2.24) is 28.9 Å². The minimum Gasteiger partial charge on any atom is -0.487 e. The summed E-state index contributed by atoms with van der Waals surface area (Å²) in [5, 5.41) is 11.7. The molecule has 8 aromatic rings. The van der Waals surface area contributed by atoms with Gasteiger partial charge in [-0.2, -0.15) is 0 Å². The fraction of sp³-hybridized carbons (Fsp3) is 0.344. The molecule has 0 amide bonds. The predicted octanol–water partition coefficient (Wildman–Crippen LogP) is 12.9. The zero-order valence-electron chi connectivity index (χ0n) is 43.7. The summed E-state index contributed by atoms with van der Waals surface area (Å²) >= 11 is 24.5. The highest BCUT2D eigenvalue weighted by Crippen LogP contribution is 2.35. The third-order valence-electron chi connectivity index (χ3n) is 15.4. The molecule has 14 nitrogen and oxygen atoms in total. The maximum absolute atomic E-state index is 12.2. The third kappa shape index (κ3) is 13.0. The lowest BCUT2D eigenvalue weighted by atomic mass is 9.97. The highest BCUT2D eigenvalue weighted by atomic mass is 35.5. The first-order valence-corrected chi connectivity index (χ1v) is 28.2. The Balaban J connectivity index is 0.000000167. The molecule has 4 aliphatic rings. The third-order valence-corrected chi connectivity index (χ3v) is 16.4. The fourth-order valence-corrected chi connectivity index (χ4v) is 11.8. The maximum Gasteiger partial charge on any atom is 0.337 e. The molecule has 2 unspecified atom stereocenters. The average Bonchev–Trinajstić information content (AvgIpc) is 4.25. The van der Waals surface area contributed by atoms with Crippen LogP contribution in [-0.2, 0) is 53.6 Å². The van der Waals surface area contributed by atoms with Gasteiger partial charge >= 0.3 is 11.9 Å². The van der Waals surface area contributed by atoms with Crippen LogP contribution >= 0.6 is 46.4 Å². The van der Waals surface area contributed by atoms with E-state index >= 15 is 0 Å². The quantitative estimate of drug-likeness (QED) is 0.0817. The van der Waals surface area contributed by atoms with E-state index in [0.717, 1.165) is 123 Å². The number of aromatic carboxylic acids is 1. The first-order valence-electron chi connectivity index (χ1n) is 26.7. The number of aromatic nitrogens is 4. The van der Waals surface area contributed by atoms with Crippen LogP contribution in [0.2, 0.25) is 20.1 Å². The number of hydrogen-bond acceptors (Lipinski definition) is 11. The molecule has 0 bridgehead atoms. The van der Waals surface area contributed by atoms with E-state index in [1.165, 1.54) is 18.2 Å². The minimum atomic E-state index is -0.933. The van der Waals surface area contributed by atoms with Crippen LogP contribution in [0.3, 0.4) is 0 Å². The van der Waals surface area contributed by atoms with Gasteiger partial charge < -0.3 is 37.9 Å². The number of carbonyl (C=O) groups excluding carboxylic acids is 1. The molecule has 4 fully saturated rings. The zero-order valence-corrected chi connectivity index (χ0v) is 46.7. The van der Waals surface area contributed by atoms with E-state index in [9.17, 15) is 14.7 Å². The molecule has 6 heterocycles. The van der Waals surface area contributed by atoms with Gasteiger partial charge in [0.05, 0.1) is 88.7 Å². The number of imidazole rings is 2. The molecule has 0 aliphatic carbocycles. The fourth-order valence-electron chi connectivity index (χ4n) is 10.9. The van der Waals surface area contributed by atoms with E-state index in [0.29, 0.717) is 75.3 Å². The molecule has 4 atom stereocenters. The van der Waals surface area contributed by atoms with Gasteiger partial charge in [-0.3, -0.25) is 9.80 Å². The van der Waals surface area contributed by atoms with Gasteiger partial charge in [0.15, 0.2) is 0 Å². The second kappa shape index (κ2) is 24.7. The average molecular weight is 1150 g/mol. The van der Waals surface area contributed by atoms with Crippen LogP contribution in [0, 0.1) is 0 Å². The highest BCUT2D eigenvalue weighted by molar-refractivity contribution is 6.36. The summed E-state index contributed by atoms with van der Waals surface area (Å²) in [6, 6.07) is 38.4. The number of esters is 1. The summed E-state index contributed by atoms with van der Waals surface area (Å²) in [5.74, 6) is 2.75. The molecule has 0 saturated carbocycles. The standard InChI is InChI=1S/C31H31Cl2N3O4.C30H29Cl2N3O4/c1-38-31(37)22-5-7-27-28(14-22)36(17-25-10-12-39-25)30(34-27)18-35-11-9-23(16-35)21-4-2-3-20(13-21)19-40-29-8-6-24(32)15-26(29)33;31-23-5-7-28(25(32)14-23)39-18-19-2-1-3-20(12-19)22-8-10-34(15-22)17-29-33-26-6-4-21(30(36)37)13-27(26)35(29)16-24-9-11-38-24/h2-8,13-15,23,25H,9-12,16-19H2,1H3;1-7,12-14,22,24H,8-11,15-18H2,(H,36,37)/t23?,25-;22?,24-/m00/s1. The van der Waals surface area contributed by atoms with Gasteiger partial charge in [-0.25, -0.2) is 19.6 Å². The lowest BCUT2D eigenvalue weighted by Gasteiger charge is -2.28. The van der Waals surface area contributed by atoms with Gasteiger partial charge in [0.2, 0.25) is 0 Å². The van der Waals surface area contributed by atoms with Crippen molar-refractivity contribution in [1.29, 1.82) is 0 Å². The molecule has 4 aliphatic heterocycles. The zero-order chi connectivity index (χ0) is 54.6. The van der Waals surface area contributed by atoms with Crippen LogP contribution in [0.1, 0.15) is 92.1 Å². The van der Waals surface area contributed by atoms with Gasteiger partial charge in [-0.15, -0.1) is 0 Å². The molecule has 4 saturated heterocycles. The molecule has 79 heavy (non-hydrogen) atoms. The lowest BCUT2D eigenvalue weighted by molar-refractivity contribution is -0.0592. The molecule has 0 radical (unpaired) electrons. The number of halogens is 4. The van der Waals surface area contributed by atoms with E-state index < -0.39 is 5.97 Å². The van der Waals surface area contributed by atoms with E-state index in [1.807, 2.05) is 12.1 Å². The monoisotopic (exact) mass is 1140 g/mol.